The fourth-order valence-electron chi connectivity index (χ4n) is 2.01. The number of ether oxygens (including phenoxy) is 1. The lowest BCUT2D eigenvalue weighted by Crippen LogP contribution is -2.47. The Morgan fingerprint density at radius 2 is 1.95 bits per heavy atom. The van der Waals surface area contributed by atoms with Crippen LogP contribution in [-0.2, 0) is 4.74 Å². The van der Waals surface area contributed by atoms with E-state index in [2.05, 4.69) is 53.1 Å². The average Bonchev–Trinajstić information content (AvgIpc) is 2.31. The van der Waals surface area contributed by atoms with Crippen LogP contribution in [0.25, 0.3) is 0 Å². The zero-order valence-electron chi connectivity index (χ0n) is 10.7. The first-order valence-corrected chi connectivity index (χ1v) is 7.91. The molecule has 1 aromatic rings. The monoisotopic (exact) mass is 491 g/mol. The van der Waals surface area contributed by atoms with Gasteiger partial charge in [0.15, 0.2) is 0 Å². The summed E-state index contributed by atoms with van der Waals surface area (Å²) in [5, 5.41) is 12.8. The van der Waals surface area contributed by atoms with Crippen molar-refractivity contribution in [3.63, 3.8) is 0 Å². The second kappa shape index (κ2) is 6.42. The summed E-state index contributed by atoms with van der Waals surface area (Å²) in [6.07, 6.45) is -0.453. The number of amides is 1. The van der Waals surface area contributed by atoms with Crippen LogP contribution in [0.1, 0.15) is 25.5 Å². The quantitative estimate of drug-likeness (QED) is 0.584. The molecule has 0 aliphatic carbocycles. The summed E-state index contributed by atoms with van der Waals surface area (Å²) in [6, 6.07) is 1.49. The van der Waals surface area contributed by atoms with Crippen LogP contribution in [0.4, 0.5) is 4.79 Å². The zero-order valence-corrected chi connectivity index (χ0v) is 16.2. The number of phenolic OH excluding ortho intramolecular Hbond substituents is 1. The average molecular weight is 494 g/mol. The molecule has 20 heavy (non-hydrogen) atoms. The van der Waals surface area contributed by atoms with Crippen molar-refractivity contribution in [2.75, 3.05) is 6.61 Å². The van der Waals surface area contributed by atoms with E-state index in [0.717, 1.165) is 10.0 Å². The number of aromatic hydroxyl groups is 1. The van der Waals surface area contributed by atoms with E-state index in [1.807, 2.05) is 13.8 Å². The fourth-order valence-corrected chi connectivity index (χ4v) is 4.59. The molecule has 0 spiro atoms. The molecule has 0 unspecified atom stereocenters. The van der Waals surface area contributed by atoms with Gasteiger partial charge in [0.25, 0.3) is 0 Å². The van der Waals surface area contributed by atoms with Crippen LogP contribution < -0.4 is 5.32 Å². The standard InChI is InChI=1S/C12H12Br3NO3.ClH/c1-12(2)4-19-11(18)16-10(12)7-5(13)3-6(14)9(17)8(7)15;/h3,10,17H,4H2,1-2H3,(H,16,18);1H/t10-;/m0./s1. The van der Waals surface area contributed by atoms with Crippen molar-refractivity contribution in [2.24, 2.45) is 5.41 Å². The van der Waals surface area contributed by atoms with Gasteiger partial charge in [0.1, 0.15) is 12.4 Å². The fraction of sp³-hybridized carbons (Fsp3) is 0.417. The van der Waals surface area contributed by atoms with Crippen molar-refractivity contribution >= 4 is 66.3 Å². The van der Waals surface area contributed by atoms with Crippen molar-refractivity contribution < 1.29 is 14.6 Å². The van der Waals surface area contributed by atoms with E-state index in [9.17, 15) is 9.90 Å². The highest BCUT2D eigenvalue weighted by Gasteiger charge is 2.40. The van der Waals surface area contributed by atoms with Crippen LogP contribution in [0.15, 0.2) is 19.5 Å². The highest BCUT2D eigenvalue weighted by atomic mass is 79.9. The Hall–Kier alpha value is 0.0200. The van der Waals surface area contributed by atoms with Gasteiger partial charge in [0, 0.05) is 15.5 Å². The van der Waals surface area contributed by atoms with Crippen molar-refractivity contribution in [1.29, 1.82) is 0 Å². The van der Waals surface area contributed by atoms with Crippen molar-refractivity contribution in [1.82, 2.24) is 5.32 Å². The Labute approximate surface area is 148 Å². The third kappa shape index (κ3) is 3.26. The maximum absolute atomic E-state index is 11.5. The molecule has 112 valence electrons. The third-order valence-electron chi connectivity index (χ3n) is 3.09. The van der Waals surface area contributed by atoms with Crippen molar-refractivity contribution in [2.45, 2.75) is 19.9 Å². The molecule has 1 aliphatic rings. The molecule has 1 amide bonds. The summed E-state index contributed by atoms with van der Waals surface area (Å²) >= 11 is 10.1. The highest BCUT2D eigenvalue weighted by Crippen LogP contribution is 2.47. The minimum atomic E-state index is -0.453. The summed E-state index contributed by atoms with van der Waals surface area (Å²) in [4.78, 5) is 11.5. The van der Waals surface area contributed by atoms with E-state index in [4.69, 9.17) is 4.74 Å². The van der Waals surface area contributed by atoms with Crippen LogP contribution in [-0.4, -0.2) is 17.8 Å². The lowest BCUT2D eigenvalue weighted by atomic mass is 9.80. The Kier molecular flexibility index (Phi) is 5.80. The molecule has 8 heteroatoms. The normalized spacial score (nSPS) is 20.6. The molecule has 2 rings (SSSR count). The van der Waals surface area contributed by atoms with Crippen LogP contribution >= 0.6 is 60.2 Å². The minimum Gasteiger partial charge on any atom is -0.506 e. The van der Waals surface area contributed by atoms with Crippen LogP contribution in [0.3, 0.4) is 0 Å². The molecular weight excluding hydrogens is 481 g/mol. The van der Waals surface area contributed by atoms with Crippen LogP contribution in [0.5, 0.6) is 5.75 Å². The largest absolute Gasteiger partial charge is 0.506 e. The first kappa shape index (κ1) is 18.1. The van der Waals surface area contributed by atoms with Gasteiger partial charge in [0.2, 0.25) is 0 Å². The molecule has 2 N–H and O–H groups in total. The van der Waals surface area contributed by atoms with E-state index >= 15 is 0 Å². The summed E-state index contributed by atoms with van der Waals surface area (Å²) in [7, 11) is 0. The lowest BCUT2D eigenvalue weighted by molar-refractivity contribution is 0.0383. The summed E-state index contributed by atoms with van der Waals surface area (Å²) in [5.41, 5.74) is 0.501. The van der Waals surface area contributed by atoms with Gasteiger partial charge in [-0.1, -0.05) is 29.8 Å². The summed E-state index contributed by atoms with van der Waals surface area (Å²) in [6.45, 7) is 4.31. The lowest BCUT2D eigenvalue weighted by Gasteiger charge is -2.39. The number of cyclic esters (lactones) is 1. The number of hydrogen-bond donors (Lipinski definition) is 2. The number of carbonyl (C=O) groups is 1. The molecule has 1 aromatic carbocycles. The Morgan fingerprint density at radius 1 is 1.35 bits per heavy atom. The number of alkyl carbamates (subject to hydrolysis) is 1. The molecule has 1 heterocycles. The maximum atomic E-state index is 11.5. The predicted octanol–water partition coefficient (Wildman–Crippen LogP) is 4.91. The van der Waals surface area contributed by atoms with E-state index < -0.39 is 6.09 Å². The molecule has 4 nitrogen and oxygen atoms in total. The topological polar surface area (TPSA) is 58.6 Å². The first-order valence-electron chi connectivity index (χ1n) is 5.53. The number of rotatable bonds is 1. The number of carbonyl (C=O) groups excluding carboxylic acids is 1. The number of benzene rings is 1. The second-order valence-electron chi connectivity index (χ2n) is 5.06. The molecular formula is C12H13Br3ClNO3. The molecule has 1 atom stereocenters. The maximum Gasteiger partial charge on any atom is 0.407 e. The summed E-state index contributed by atoms with van der Waals surface area (Å²) < 4.78 is 6.95. The summed E-state index contributed by atoms with van der Waals surface area (Å²) in [5.74, 6) is 0.106. The molecule has 1 aliphatic heterocycles. The number of nitrogens with one attached hydrogen (secondary N) is 1. The molecule has 0 aromatic heterocycles. The van der Waals surface area contributed by atoms with Gasteiger partial charge in [-0.05, 0) is 37.9 Å². The van der Waals surface area contributed by atoms with Gasteiger partial charge >= 0.3 is 6.09 Å². The van der Waals surface area contributed by atoms with Gasteiger partial charge < -0.3 is 15.2 Å². The first-order chi connectivity index (χ1) is 8.74. The highest BCUT2D eigenvalue weighted by molar-refractivity contribution is 9.11. The predicted molar refractivity (Wildman–Crippen MR) is 89.5 cm³/mol. The van der Waals surface area contributed by atoms with E-state index in [1.165, 1.54) is 0 Å². The Bertz CT molecular complexity index is 551. The zero-order chi connectivity index (χ0) is 14.4. The van der Waals surface area contributed by atoms with E-state index in [-0.39, 0.29) is 29.6 Å². The van der Waals surface area contributed by atoms with Gasteiger partial charge in [-0.2, -0.15) is 0 Å². The van der Waals surface area contributed by atoms with Crippen LogP contribution in [0, 0.1) is 5.41 Å². The van der Waals surface area contributed by atoms with Gasteiger partial charge in [0.05, 0.1) is 15.0 Å². The number of halogens is 4. The SMILES string of the molecule is CC1(C)COC(=O)N[C@H]1c1c(Br)cc(Br)c(O)c1Br.Cl. The molecule has 1 saturated heterocycles. The molecule has 1 fully saturated rings. The minimum absolute atomic E-state index is 0. The number of hydrogen-bond acceptors (Lipinski definition) is 3. The Morgan fingerprint density at radius 3 is 2.55 bits per heavy atom. The molecule has 0 saturated carbocycles. The smallest absolute Gasteiger partial charge is 0.407 e. The molecule has 0 radical (unpaired) electrons. The van der Waals surface area contributed by atoms with Gasteiger partial charge in [-0.25, -0.2) is 4.79 Å². The number of phenols is 1. The second-order valence-corrected chi connectivity index (χ2v) is 7.56. The van der Waals surface area contributed by atoms with Gasteiger partial charge in [-0.3, -0.25) is 0 Å². The van der Waals surface area contributed by atoms with E-state index in [1.54, 1.807) is 6.07 Å². The van der Waals surface area contributed by atoms with Gasteiger partial charge in [-0.15, -0.1) is 12.4 Å². The van der Waals surface area contributed by atoms with Crippen molar-refractivity contribution in [3.8, 4) is 5.75 Å². The van der Waals surface area contributed by atoms with Crippen LogP contribution in [0.2, 0.25) is 0 Å². The Balaban J connectivity index is 0.00000200. The van der Waals surface area contributed by atoms with Crippen molar-refractivity contribution in [3.05, 3.63) is 25.0 Å². The molecule has 0 bridgehead atoms. The third-order valence-corrected chi connectivity index (χ3v) is 5.15. The van der Waals surface area contributed by atoms with E-state index in [0.29, 0.717) is 15.6 Å².